The number of benzene rings is 1. The van der Waals surface area contributed by atoms with Crippen molar-refractivity contribution in [3.63, 3.8) is 0 Å². The molecule has 3 nitrogen and oxygen atoms in total. The second-order valence-corrected chi connectivity index (χ2v) is 5.96. The summed E-state index contributed by atoms with van der Waals surface area (Å²) in [6, 6.07) is 7.58. The fourth-order valence-electron chi connectivity index (χ4n) is 2.57. The van der Waals surface area contributed by atoms with Crippen molar-refractivity contribution in [2.45, 2.75) is 39.5 Å². The van der Waals surface area contributed by atoms with Gasteiger partial charge in [0, 0.05) is 18.8 Å². The molecular weight excluding hydrogens is 272 g/mol. The highest BCUT2D eigenvalue weighted by Crippen LogP contribution is 2.34. The maximum Gasteiger partial charge on any atom is 0.226 e. The number of nitrogen functional groups attached to an aromatic ring is 1. The third kappa shape index (κ3) is 4.14. The highest BCUT2D eigenvalue weighted by molar-refractivity contribution is 5.85. The van der Waals surface area contributed by atoms with Gasteiger partial charge >= 0.3 is 0 Å². The van der Waals surface area contributed by atoms with Gasteiger partial charge in [0.25, 0.3) is 0 Å². The minimum Gasteiger partial charge on any atom is -0.399 e. The Labute approximate surface area is 127 Å². The fourth-order valence-corrected chi connectivity index (χ4v) is 2.57. The second kappa shape index (κ2) is 6.98. The van der Waals surface area contributed by atoms with Gasteiger partial charge < -0.3 is 10.6 Å². The molecule has 4 heteroatoms. The highest BCUT2D eigenvalue weighted by Gasteiger charge is 2.30. The molecule has 0 atom stereocenters. The number of amides is 1. The molecule has 112 valence electrons. The van der Waals surface area contributed by atoms with Crippen LogP contribution in [0.15, 0.2) is 24.3 Å². The van der Waals surface area contributed by atoms with Crippen LogP contribution in [0.25, 0.3) is 0 Å². The van der Waals surface area contributed by atoms with Crippen LogP contribution < -0.4 is 5.73 Å². The fraction of sp³-hybridized carbons (Fsp3) is 0.562. The third-order valence-electron chi connectivity index (χ3n) is 4.51. The maximum atomic E-state index is 12.2. The summed E-state index contributed by atoms with van der Waals surface area (Å²) in [5.74, 6) is 0.239. The monoisotopic (exact) mass is 296 g/mol. The van der Waals surface area contributed by atoms with E-state index in [-0.39, 0.29) is 18.3 Å². The number of piperidine rings is 1. The first-order chi connectivity index (χ1) is 9.02. The maximum absolute atomic E-state index is 12.2. The van der Waals surface area contributed by atoms with E-state index in [1.54, 1.807) is 0 Å². The lowest BCUT2D eigenvalue weighted by molar-refractivity contribution is -0.132. The van der Waals surface area contributed by atoms with E-state index in [0.29, 0.717) is 11.8 Å². The van der Waals surface area contributed by atoms with Crippen LogP contribution in [0.1, 0.15) is 38.7 Å². The van der Waals surface area contributed by atoms with Crippen molar-refractivity contribution in [1.29, 1.82) is 0 Å². The Morgan fingerprint density at radius 2 is 1.80 bits per heavy atom. The molecule has 1 saturated heterocycles. The molecule has 1 aromatic rings. The van der Waals surface area contributed by atoms with Gasteiger partial charge in [0.15, 0.2) is 0 Å². The van der Waals surface area contributed by atoms with Crippen molar-refractivity contribution in [3.8, 4) is 0 Å². The standard InChI is InChI=1S/C16H24N2O.ClH/c1-3-16(2)8-10-18(11-9-16)15(19)12-13-4-6-14(17)7-5-13;/h4-7H,3,8-12,17H2,1-2H3;1H. The second-order valence-electron chi connectivity index (χ2n) is 5.96. The number of nitrogens with two attached hydrogens (primary N) is 1. The van der Waals surface area contributed by atoms with E-state index >= 15 is 0 Å². The summed E-state index contributed by atoms with van der Waals surface area (Å²) in [7, 11) is 0. The number of likely N-dealkylation sites (tertiary alicyclic amines) is 1. The van der Waals surface area contributed by atoms with Crippen LogP contribution in [-0.4, -0.2) is 23.9 Å². The highest BCUT2D eigenvalue weighted by atomic mass is 35.5. The molecule has 0 bridgehead atoms. The quantitative estimate of drug-likeness (QED) is 0.870. The van der Waals surface area contributed by atoms with E-state index in [1.165, 1.54) is 6.42 Å². The molecule has 1 amide bonds. The van der Waals surface area contributed by atoms with Gasteiger partial charge in [-0.1, -0.05) is 32.4 Å². The van der Waals surface area contributed by atoms with E-state index < -0.39 is 0 Å². The zero-order valence-electron chi connectivity index (χ0n) is 12.4. The number of halogens is 1. The van der Waals surface area contributed by atoms with Crippen LogP contribution in [0.5, 0.6) is 0 Å². The Morgan fingerprint density at radius 1 is 1.25 bits per heavy atom. The van der Waals surface area contributed by atoms with Crippen molar-refractivity contribution in [1.82, 2.24) is 4.90 Å². The van der Waals surface area contributed by atoms with Gasteiger partial charge in [0.2, 0.25) is 5.91 Å². The number of hydrogen-bond acceptors (Lipinski definition) is 2. The molecule has 0 aliphatic carbocycles. The number of rotatable bonds is 3. The molecule has 0 spiro atoms. The van der Waals surface area contributed by atoms with Gasteiger partial charge in [-0.15, -0.1) is 12.4 Å². The minimum absolute atomic E-state index is 0. The molecule has 1 heterocycles. The Hall–Kier alpha value is -1.22. The summed E-state index contributed by atoms with van der Waals surface area (Å²) >= 11 is 0. The summed E-state index contributed by atoms with van der Waals surface area (Å²) in [6.45, 7) is 6.37. The lowest BCUT2D eigenvalue weighted by Gasteiger charge is -2.39. The van der Waals surface area contributed by atoms with Gasteiger partial charge in [0.05, 0.1) is 6.42 Å². The number of anilines is 1. The van der Waals surface area contributed by atoms with Crippen molar-refractivity contribution in [2.24, 2.45) is 5.41 Å². The van der Waals surface area contributed by atoms with Gasteiger partial charge in [-0.2, -0.15) is 0 Å². The average Bonchev–Trinajstić information content (AvgIpc) is 2.42. The largest absolute Gasteiger partial charge is 0.399 e. The smallest absolute Gasteiger partial charge is 0.226 e. The molecule has 1 fully saturated rings. The molecule has 1 aliphatic rings. The summed E-state index contributed by atoms with van der Waals surface area (Å²) in [5.41, 5.74) is 7.87. The Kier molecular flexibility index (Phi) is 5.88. The normalized spacial score (nSPS) is 17.4. The summed E-state index contributed by atoms with van der Waals surface area (Å²) in [4.78, 5) is 14.3. The van der Waals surface area contributed by atoms with Crippen LogP contribution in [0.4, 0.5) is 5.69 Å². The first-order valence-electron chi connectivity index (χ1n) is 7.15. The Morgan fingerprint density at radius 3 is 2.30 bits per heavy atom. The van der Waals surface area contributed by atoms with Gasteiger partial charge in [-0.05, 0) is 36.0 Å². The number of hydrogen-bond donors (Lipinski definition) is 1. The van der Waals surface area contributed by atoms with E-state index in [1.807, 2.05) is 29.2 Å². The molecular formula is C16H25ClN2O. The number of carbonyl (C=O) groups excluding carboxylic acids is 1. The first-order valence-corrected chi connectivity index (χ1v) is 7.15. The zero-order valence-corrected chi connectivity index (χ0v) is 13.2. The molecule has 2 rings (SSSR count). The van der Waals surface area contributed by atoms with Crippen molar-refractivity contribution in [3.05, 3.63) is 29.8 Å². The van der Waals surface area contributed by atoms with Crippen LogP contribution in [-0.2, 0) is 11.2 Å². The predicted octanol–water partition coefficient (Wildman–Crippen LogP) is 3.27. The molecule has 1 aromatic carbocycles. The lowest BCUT2D eigenvalue weighted by atomic mass is 9.78. The van der Waals surface area contributed by atoms with E-state index in [2.05, 4.69) is 13.8 Å². The minimum atomic E-state index is 0. The van der Waals surface area contributed by atoms with Crippen LogP contribution in [0.2, 0.25) is 0 Å². The summed E-state index contributed by atoms with van der Waals surface area (Å²) in [6.07, 6.45) is 3.93. The number of carbonyl (C=O) groups is 1. The molecule has 0 radical (unpaired) electrons. The van der Waals surface area contributed by atoms with E-state index in [9.17, 15) is 4.79 Å². The third-order valence-corrected chi connectivity index (χ3v) is 4.51. The molecule has 2 N–H and O–H groups in total. The van der Waals surface area contributed by atoms with Crippen LogP contribution in [0.3, 0.4) is 0 Å². The molecule has 0 unspecified atom stereocenters. The topological polar surface area (TPSA) is 46.3 Å². The summed E-state index contributed by atoms with van der Waals surface area (Å²) in [5, 5.41) is 0. The molecule has 20 heavy (non-hydrogen) atoms. The van der Waals surface area contributed by atoms with Gasteiger partial charge in [-0.25, -0.2) is 0 Å². The molecule has 0 aromatic heterocycles. The van der Waals surface area contributed by atoms with E-state index in [0.717, 1.165) is 37.2 Å². The van der Waals surface area contributed by atoms with Crippen LogP contribution >= 0.6 is 12.4 Å². The van der Waals surface area contributed by atoms with Gasteiger partial charge in [0.1, 0.15) is 0 Å². The van der Waals surface area contributed by atoms with Crippen molar-refractivity contribution >= 4 is 24.0 Å². The first kappa shape index (κ1) is 16.8. The lowest BCUT2D eigenvalue weighted by Crippen LogP contribution is -2.42. The van der Waals surface area contributed by atoms with E-state index in [4.69, 9.17) is 5.73 Å². The van der Waals surface area contributed by atoms with Crippen molar-refractivity contribution in [2.75, 3.05) is 18.8 Å². The Balaban J connectivity index is 0.00000200. The molecule has 0 saturated carbocycles. The SMILES string of the molecule is CCC1(C)CCN(C(=O)Cc2ccc(N)cc2)CC1.Cl. The van der Waals surface area contributed by atoms with Gasteiger partial charge in [-0.3, -0.25) is 4.79 Å². The summed E-state index contributed by atoms with van der Waals surface area (Å²) < 4.78 is 0. The van der Waals surface area contributed by atoms with Crippen molar-refractivity contribution < 1.29 is 4.79 Å². The predicted molar refractivity (Wildman–Crippen MR) is 86.0 cm³/mol. The zero-order chi connectivity index (χ0) is 13.9. The number of nitrogens with zero attached hydrogens (tertiary/aromatic N) is 1. The Bertz CT molecular complexity index is 436. The molecule has 1 aliphatic heterocycles. The average molecular weight is 297 g/mol. The van der Waals surface area contributed by atoms with Crippen LogP contribution in [0, 0.1) is 5.41 Å².